The first-order valence-electron chi connectivity index (χ1n) is 12.4. The van der Waals surface area contributed by atoms with Gasteiger partial charge >= 0.3 is 0 Å². The van der Waals surface area contributed by atoms with E-state index in [1.54, 1.807) is 4.52 Å². The molecule has 0 unspecified atom stereocenters. The number of carbonyl (C=O) groups is 1. The number of carbonyl (C=O) groups excluding carboxylic acids is 1. The Bertz CT molecular complexity index is 1310. The summed E-state index contributed by atoms with van der Waals surface area (Å²) < 4.78 is 1.79. The van der Waals surface area contributed by atoms with E-state index >= 15 is 0 Å². The molecule has 0 radical (unpaired) electrons. The van der Waals surface area contributed by atoms with Crippen LogP contribution in [0.25, 0.3) is 5.65 Å². The van der Waals surface area contributed by atoms with Crippen molar-refractivity contribution in [3.05, 3.63) is 83.2 Å². The van der Waals surface area contributed by atoms with E-state index in [9.17, 15) is 4.79 Å². The summed E-state index contributed by atoms with van der Waals surface area (Å²) in [6.07, 6.45) is 4.25. The topological polar surface area (TPSA) is 75.4 Å². The summed E-state index contributed by atoms with van der Waals surface area (Å²) in [5.74, 6) is 2.31. The lowest BCUT2D eigenvalue weighted by molar-refractivity contribution is -0.116. The summed E-state index contributed by atoms with van der Waals surface area (Å²) >= 11 is 0. The van der Waals surface area contributed by atoms with E-state index in [1.807, 2.05) is 37.3 Å². The van der Waals surface area contributed by atoms with Crippen molar-refractivity contribution in [2.24, 2.45) is 5.92 Å². The van der Waals surface area contributed by atoms with E-state index in [2.05, 4.69) is 57.7 Å². The van der Waals surface area contributed by atoms with Crippen molar-refractivity contribution in [3.63, 3.8) is 0 Å². The van der Waals surface area contributed by atoms with Crippen LogP contribution >= 0.6 is 0 Å². The van der Waals surface area contributed by atoms with Gasteiger partial charge in [0, 0.05) is 31.6 Å². The summed E-state index contributed by atoms with van der Waals surface area (Å²) in [5, 5.41) is 16.4. The third kappa shape index (κ3) is 5.50. The second-order valence-electron chi connectivity index (χ2n) is 9.55. The molecule has 1 saturated heterocycles. The van der Waals surface area contributed by atoms with E-state index in [0.29, 0.717) is 30.2 Å². The van der Waals surface area contributed by atoms with Crippen LogP contribution < -0.4 is 10.2 Å². The predicted molar refractivity (Wildman–Crippen MR) is 139 cm³/mol. The number of anilines is 2. The van der Waals surface area contributed by atoms with Crippen LogP contribution in [0.4, 0.5) is 11.5 Å². The Morgan fingerprint density at radius 3 is 2.54 bits per heavy atom. The Balaban J connectivity index is 1.19. The smallest absolute Gasteiger partial charge is 0.224 e. The van der Waals surface area contributed by atoms with Crippen LogP contribution in [0.2, 0.25) is 0 Å². The van der Waals surface area contributed by atoms with E-state index in [4.69, 9.17) is 5.10 Å². The summed E-state index contributed by atoms with van der Waals surface area (Å²) in [6.45, 7) is 6.09. The molecule has 35 heavy (non-hydrogen) atoms. The van der Waals surface area contributed by atoms with Crippen LogP contribution in [0.15, 0.2) is 60.7 Å². The fourth-order valence-electron chi connectivity index (χ4n) is 4.73. The summed E-state index contributed by atoms with van der Waals surface area (Å²) in [4.78, 5) is 14.9. The molecular weight excluding hydrogens is 436 g/mol. The Kier molecular flexibility index (Phi) is 6.75. The molecule has 1 N–H and O–H groups in total. The number of hydrogen-bond acceptors (Lipinski definition) is 5. The quantitative estimate of drug-likeness (QED) is 0.423. The molecule has 1 fully saturated rings. The van der Waals surface area contributed by atoms with E-state index in [0.717, 1.165) is 49.4 Å². The van der Waals surface area contributed by atoms with Crippen LogP contribution in [0.3, 0.4) is 0 Å². The van der Waals surface area contributed by atoms with Crippen LogP contribution in [0.1, 0.15) is 41.8 Å². The third-order valence-corrected chi connectivity index (χ3v) is 6.99. The molecule has 0 saturated carbocycles. The lowest BCUT2D eigenvalue weighted by Crippen LogP contribution is -2.35. The van der Waals surface area contributed by atoms with Crippen molar-refractivity contribution in [3.8, 4) is 0 Å². The van der Waals surface area contributed by atoms with Gasteiger partial charge in [0.05, 0.1) is 0 Å². The Morgan fingerprint density at radius 2 is 1.77 bits per heavy atom. The van der Waals surface area contributed by atoms with Crippen LogP contribution in [-0.2, 0) is 17.6 Å². The molecule has 4 aromatic rings. The van der Waals surface area contributed by atoms with Crippen molar-refractivity contribution in [2.45, 2.75) is 46.0 Å². The number of nitrogens with zero attached hydrogens (tertiary/aromatic N) is 5. The summed E-state index contributed by atoms with van der Waals surface area (Å²) in [5.41, 5.74) is 5.31. The molecular formula is C28H32N6O. The molecule has 7 heteroatoms. The zero-order chi connectivity index (χ0) is 24.2. The normalized spacial score (nSPS) is 14.4. The zero-order valence-electron chi connectivity index (χ0n) is 20.4. The number of hydrogen-bond donors (Lipinski definition) is 1. The number of aryl methyl sites for hydroxylation is 3. The summed E-state index contributed by atoms with van der Waals surface area (Å²) in [6, 6.07) is 20.7. The van der Waals surface area contributed by atoms with Crippen LogP contribution in [-0.4, -0.2) is 38.8 Å². The molecule has 1 amide bonds. The Morgan fingerprint density at radius 1 is 0.971 bits per heavy atom. The average molecular weight is 469 g/mol. The number of fused-ring (bicyclic) bond motifs is 1. The molecule has 1 aliphatic heterocycles. The minimum atomic E-state index is -0.0401. The second kappa shape index (κ2) is 10.3. The first-order chi connectivity index (χ1) is 17.0. The highest BCUT2D eigenvalue weighted by atomic mass is 16.1. The molecule has 1 aliphatic rings. The number of piperidine rings is 1. The zero-order valence-corrected chi connectivity index (χ0v) is 20.4. The molecule has 5 rings (SSSR count). The molecule has 7 nitrogen and oxygen atoms in total. The van der Waals surface area contributed by atoms with Gasteiger partial charge in [-0.15, -0.1) is 15.3 Å². The standard InChI is InChI=1S/C28H32N6O/c1-20-8-9-24(18-21(20)2)29-28(35)13-12-26-31-30-25-10-11-27(32-34(25)26)33-16-14-23(15-17-33)19-22-6-4-3-5-7-22/h3-11,18,23H,12-17,19H2,1-2H3,(H,29,35). The van der Waals surface area contributed by atoms with E-state index < -0.39 is 0 Å². The fourth-order valence-corrected chi connectivity index (χ4v) is 4.73. The molecule has 180 valence electrons. The van der Waals surface area contributed by atoms with Crippen LogP contribution in [0, 0.1) is 19.8 Å². The van der Waals surface area contributed by atoms with Crippen molar-refractivity contribution in [1.29, 1.82) is 0 Å². The average Bonchev–Trinajstić information content (AvgIpc) is 3.28. The largest absolute Gasteiger partial charge is 0.355 e. The molecule has 2 aromatic carbocycles. The lowest BCUT2D eigenvalue weighted by atomic mass is 9.90. The van der Waals surface area contributed by atoms with Gasteiger partial charge in [0.25, 0.3) is 0 Å². The van der Waals surface area contributed by atoms with Crippen molar-refractivity contribution in [1.82, 2.24) is 19.8 Å². The Labute approximate surface area is 206 Å². The number of amides is 1. The molecule has 0 aliphatic carbocycles. The maximum absolute atomic E-state index is 12.5. The number of nitrogens with one attached hydrogen (secondary N) is 1. The predicted octanol–water partition coefficient (Wildman–Crippen LogP) is 4.77. The van der Waals surface area contributed by atoms with Gasteiger partial charge in [-0.05, 0) is 80.0 Å². The summed E-state index contributed by atoms with van der Waals surface area (Å²) in [7, 11) is 0. The highest BCUT2D eigenvalue weighted by Gasteiger charge is 2.21. The second-order valence-corrected chi connectivity index (χ2v) is 9.55. The third-order valence-electron chi connectivity index (χ3n) is 6.99. The van der Waals surface area contributed by atoms with Gasteiger partial charge in [-0.25, -0.2) is 0 Å². The maximum Gasteiger partial charge on any atom is 0.224 e. The van der Waals surface area contributed by atoms with Gasteiger partial charge < -0.3 is 10.2 Å². The first kappa shape index (κ1) is 23.0. The van der Waals surface area contributed by atoms with E-state index in [-0.39, 0.29) is 5.91 Å². The fraction of sp³-hybridized carbons (Fsp3) is 0.357. The molecule has 2 aromatic heterocycles. The Hall–Kier alpha value is -3.74. The van der Waals surface area contributed by atoms with Gasteiger partial charge in [-0.1, -0.05) is 36.4 Å². The maximum atomic E-state index is 12.5. The number of aromatic nitrogens is 4. The molecule has 0 atom stereocenters. The highest BCUT2D eigenvalue weighted by molar-refractivity contribution is 5.90. The van der Waals surface area contributed by atoms with E-state index in [1.165, 1.54) is 11.1 Å². The van der Waals surface area contributed by atoms with Gasteiger partial charge in [-0.3, -0.25) is 4.79 Å². The highest BCUT2D eigenvalue weighted by Crippen LogP contribution is 2.25. The lowest BCUT2D eigenvalue weighted by Gasteiger charge is -2.32. The SMILES string of the molecule is Cc1ccc(NC(=O)CCc2nnc3ccc(N4CCC(Cc5ccccc5)CC4)nn23)cc1C. The number of rotatable bonds is 7. The van der Waals surface area contributed by atoms with Gasteiger partial charge in [0.15, 0.2) is 11.5 Å². The van der Waals surface area contributed by atoms with Crippen molar-refractivity contribution < 1.29 is 4.79 Å². The monoisotopic (exact) mass is 468 g/mol. The van der Waals surface area contributed by atoms with Crippen molar-refractivity contribution >= 4 is 23.1 Å². The van der Waals surface area contributed by atoms with Gasteiger partial charge in [-0.2, -0.15) is 4.52 Å². The molecule has 0 spiro atoms. The minimum absolute atomic E-state index is 0.0401. The van der Waals surface area contributed by atoms with Gasteiger partial charge in [0.1, 0.15) is 5.82 Å². The first-order valence-corrected chi connectivity index (χ1v) is 12.4. The minimum Gasteiger partial charge on any atom is -0.355 e. The molecule has 3 heterocycles. The van der Waals surface area contributed by atoms with Gasteiger partial charge in [0.2, 0.25) is 5.91 Å². The van der Waals surface area contributed by atoms with Crippen molar-refractivity contribution in [2.75, 3.05) is 23.3 Å². The van der Waals surface area contributed by atoms with Crippen LogP contribution in [0.5, 0.6) is 0 Å². The molecule has 0 bridgehead atoms. The number of benzene rings is 2.